The molecule has 0 aliphatic heterocycles. The summed E-state index contributed by atoms with van der Waals surface area (Å²) in [5, 5.41) is 11.0. The second-order valence-electron chi connectivity index (χ2n) is 10.0. The molecule has 0 spiro atoms. The van der Waals surface area contributed by atoms with Crippen molar-refractivity contribution in [2.45, 2.75) is 77.7 Å². The van der Waals surface area contributed by atoms with Crippen LogP contribution in [0.2, 0.25) is 0 Å². The minimum Gasteiger partial charge on any atom is -0.390 e. The number of rotatable bonds is 1. The zero-order chi connectivity index (χ0) is 17.3. The predicted molar refractivity (Wildman–Crippen MR) is 92.3 cm³/mol. The summed E-state index contributed by atoms with van der Waals surface area (Å²) in [5.74, 6) is 2.17. The Morgan fingerprint density at radius 1 is 1.04 bits per heavy atom. The molecule has 1 unspecified atom stereocenters. The van der Waals surface area contributed by atoms with E-state index >= 15 is 0 Å². The first kappa shape index (κ1) is 16.8. The maximum atomic E-state index is 12.2. The summed E-state index contributed by atoms with van der Waals surface area (Å²) in [4.78, 5) is 23.6. The lowest BCUT2D eigenvalue weighted by atomic mass is 9.44. The SMILES string of the molecule is C[C@]12CC(C=O)C(=O)C[C@@H]1CC[C@@H]1[C@H]2CC[C@@]2(C)[C@H]1CC[C@@]2(C)O. The molecule has 0 saturated heterocycles. The van der Waals surface area contributed by atoms with E-state index in [-0.39, 0.29) is 22.5 Å². The van der Waals surface area contributed by atoms with Gasteiger partial charge in [-0.25, -0.2) is 0 Å². The highest BCUT2D eigenvalue weighted by Crippen LogP contribution is 2.68. The van der Waals surface area contributed by atoms with Gasteiger partial charge in [0, 0.05) is 6.42 Å². The molecule has 24 heavy (non-hydrogen) atoms. The van der Waals surface area contributed by atoms with Crippen LogP contribution in [0.3, 0.4) is 0 Å². The average Bonchev–Trinajstić information content (AvgIpc) is 2.77. The number of aliphatic hydroxyl groups is 1. The molecule has 3 heteroatoms. The molecule has 4 aliphatic rings. The lowest BCUT2D eigenvalue weighted by molar-refractivity contribution is -0.159. The van der Waals surface area contributed by atoms with Gasteiger partial charge in [0.25, 0.3) is 0 Å². The molecular formula is C21H32O3. The number of carbonyl (C=O) groups excluding carboxylic acids is 2. The van der Waals surface area contributed by atoms with Gasteiger partial charge in [0.15, 0.2) is 0 Å². The van der Waals surface area contributed by atoms with Gasteiger partial charge in [-0.3, -0.25) is 4.79 Å². The molecule has 4 saturated carbocycles. The molecule has 0 aromatic heterocycles. The largest absolute Gasteiger partial charge is 0.390 e. The number of hydrogen-bond acceptors (Lipinski definition) is 3. The number of hydrogen-bond donors (Lipinski definition) is 1. The third-order valence-corrected chi connectivity index (χ3v) is 9.31. The van der Waals surface area contributed by atoms with E-state index in [1.165, 1.54) is 6.42 Å². The molecule has 4 rings (SSSR count). The van der Waals surface area contributed by atoms with E-state index in [9.17, 15) is 14.7 Å². The standard InChI is InChI=1S/C21H32O3/c1-19-11-13(12-22)18(23)10-14(19)4-5-15-16(19)6-8-20(2)17(15)7-9-21(20,3)24/h12-17,24H,4-11H2,1-3H3/t13?,14-,15+,16+,17-,19-,20-,21+/m0/s1. The Hall–Kier alpha value is -0.700. The molecule has 0 bridgehead atoms. The normalized spacial score (nSPS) is 57.0. The highest BCUT2D eigenvalue weighted by atomic mass is 16.3. The van der Waals surface area contributed by atoms with Crippen LogP contribution in [0.5, 0.6) is 0 Å². The molecule has 0 amide bonds. The van der Waals surface area contributed by atoms with E-state index in [1.807, 2.05) is 6.92 Å². The van der Waals surface area contributed by atoms with Gasteiger partial charge >= 0.3 is 0 Å². The van der Waals surface area contributed by atoms with E-state index in [0.29, 0.717) is 30.1 Å². The van der Waals surface area contributed by atoms with Gasteiger partial charge in [-0.05, 0) is 86.4 Å². The molecule has 0 heterocycles. The van der Waals surface area contributed by atoms with Crippen LogP contribution in [0.1, 0.15) is 72.1 Å². The zero-order valence-electron chi connectivity index (χ0n) is 15.4. The molecule has 8 atom stereocenters. The summed E-state index contributed by atoms with van der Waals surface area (Å²) in [6.45, 7) is 6.73. The topological polar surface area (TPSA) is 54.4 Å². The van der Waals surface area contributed by atoms with Gasteiger partial charge in [-0.2, -0.15) is 0 Å². The summed E-state index contributed by atoms with van der Waals surface area (Å²) in [7, 11) is 0. The maximum absolute atomic E-state index is 12.2. The molecule has 4 fully saturated rings. The first-order valence-corrected chi connectivity index (χ1v) is 9.93. The van der Waals surface area contributed by atoms with Gasteiger partial charge in [-0.15, -0.1) is 0 Å². The van der Waals surface area contributed by atoms with Crippen LogP contribution in [0, 0.1) is 40.4 Å². The molecule has 3 nitrogen and oxygen atoms in total. The lowest BCUT2D eigenvalue weighted by Gasteiger charge is -2.61. The minimum atomic E-state index is -0.533. The van der Waals surface area contributed by atoms with Crippen molar-refractivity contribution < 1.29 is 14.7 Å². The van der Waals surface area contributed by atoms with Crippen molar-refractivity contribution in [3.63, 3.8) is 0 Å². The summed E-state index contributed by atoms with van der Waals surface area (Å²) >= 11 is 0. The van der Waals surface area contributed by atoms with E-state index < -0.39 is 5.60 Å². The molecular weight excluding hydrogens is 300 g/mol. The van der Waals surface area contributed by atoms with Crippen LogP contribution in [0.15, 0.2) is 0 Å². The van der Waals surface area contributed by atoms with Crippen LogP contribution in [-0.4, -0.2) is 22.8 Å². The van der Waals surface area contributed by atoms with Crippen molar-refractivity contribution >= 4 is 12.1 Å². The Balaban J connectivity index is 1.66. The van der Waals surface area contributed by atoms with Gasteiger partial charge in [-0.1, -0.05) is 13.8 Å². The third kappa shape index (κ3) is 2.00. The number of ketones is 1. The summed E-state index contributed by atoms with van der Waals surface area (Å²) < 4.78 is 0. The van der Waals surface area contributed by atoms with Crippen LogP contribution in [-0.2, 0) is 9.59 Å². The fourth-order valence-electron chi connectivity index (χ4n) is 7.54. The number of fused-ring (bicyclic) bond motifs is 5. The predicted octanol–water partition coefficient (Wildman–Crippen LogP) is 3.77. The average molecular weight is 332 g/mol. The fraction of sp³-hybridized carbons (Fsp3) is 0.905. The Labute approximate surface area is 145 Å². The number of carbonyl (C=O) groups is 2. The van der Waals surface area contributed by atoms with Crippen molar-refractivity contribution in [3.8, 4) is 0 Å². The Morgan fingerprint density at radius 3 is 2.46 bits per heavy atom. The van der Waals surface area contributed by atoms with E-state index in [2.05, 4.69) is 13.8 Å². The van der Waals surface area contributed by atoms with Gasteiger partial charge in [0.2, 0.25) is 0 Å². The second-order valence-corrected chi connectivity index (χ2v) is 10.0. The zero-order valence-corrected chi connectivity index (χ0v) is 15.4. The quantitative estimate of drug-likeness (QED) is 0.587. The molecule has 134 valence electrons. The molecule has 0 radical (unpaired) electrons. The van der Waals surface area contributed by atoms with Crippen LogP contribution < -0.4 is 0 Å². The van der Waals surface area contributed by atoms with Crippen molar-refractivity contribution in [1.29, 1.82) is 0 Å². The van der Waals surface area contributed by atoms with Crippen LogP contribution in [0.25, 0.3) is 0 Å². The first-order chi connectivity index (χ1) is 11.2. The van der Waals surface area contributed by atoms with Crippen molar-refractivity contribution in [3.05, 3.63) is 0 Å². The van der Waals surface area contributed by atoms with Crippen LogP contribution in [0.4, 0.5) is 0 Å². The molecule has 4 aliphatic carbocycles. The summed E-state index contributed by atoms with van der Waals surface area (Å²) in [6.07, 6.45) is 8.93. The summed E-state index contributed by atoms with van der Waals surface area (Å²) in [6, 6.07) is 0. The smallest absolute Gasteiger partial charge is 0.143 e. The fourth-order valence-corrected chi connectivity index (χ4v) is 7.54. The molecule has 1 N–H and O–H groups in total. The molecule has 0 aromatic rings. The maximum Gasteiger partial charge on any atom is 0.143 e. The highest BCUT2D eigenvalue weighted by molar-refractivity contribution is 5.94. The van der Waals surface area contributed by atoms with Crippen molar-refractivity contribution in [1.82, 2.24) is 0 Å². The van der Waals surface area contributed by atoms with Gasteiger partial charge in [0.05, 0.1) is 11.5 Å². The van der Waals surface area contributed by atoms with E-state index in [4.69, 9.17) is 0 Å². The Bertz CT molecular complexity index is 567. The number of aldehydes is 1. The lowest BCUT2D eigenvalue weighted by Crippen LogP contribution is -2.57. The van der Waals surface area contributed by atoms with Crippen molar-refractivity contribution in [2.24, 2.45) is 40.4 Å². The third-order valence-electron chi connectivity index (χ3n) is 9.31. The second kappa shape index (κ2) is 5.16. The Morgan fingerprint density at radius 2 is 1.75 bits per heavy atom. The minimum absolute atomic E-state index is 0.0475. The summed E-state index contributed by atoms with van der Waals surface area (Å²) in [5.41, 5.74) is -0.349. The highest BCUT2D eigenvalue weighted by Gasteiger charge is 2.63. The monoisotopic (exact) mass is 332 g/mol. The Kier molecular flexibility index (Phi) is 3.60. The molecule has 0 aromatic carbocycles. The van der Waals surface area contributed by atoms with Crippen LogP contribution >= 0.6 is 0 Å². The van der Waals surface area contributed by atoms with Gasteiger partial charge in [0.1, 0.15) is 12.1 Å². The van der Waals surface area contributed by atoms with E-state index in [1.54, 1.807) is 0 Å². The van der Waals surface area contributed by atoms with E-state index in [0.717, 1.165) is 44.8 Å². The number of Topliss-reactive ketones (excluding diaryl/α,β-unsaturated/α-hetero) is 1. The first-order valence-electron chi connectivity index (χ1n) is 9.93. The van der Waals surface area contributed by atoms with Crippen molar-refractivity contribution in [2.75, 3.05) is 0 Å². The van der Waals surface area contributed by atoms with Gasteiger partial charge < -0.3 is 9.90 Å².